The number of carbonyl (C=O) groups is 1. The number of hydroxylamine groups is 1. The summed E-state index contributed by atoms with van der Waals surface area (Å²) < 4.78 is 0. The SMILES string of the molecule is O=C1C=Cc2ccc3ncccc3c2ON1. The molecule has 1 aromatic heterocycles. The lowest BCUT2D eigenvalue weighted by Gasteiger charge is -2.08. The maximum Gasteiger partial charge on any atom is 0.276 e. The first kappa shape index (κ1) is 8.91. The van der Waals surface area contributed by atoms with Crippen LogP contribution in [0.5, 0.6) is 5.75 Å². The molecular formula is C12H8N2O2. The minimum absolute atomic E-state index is 0.270. The highest BCUT2D eigenvalue weighted by atomic mass is 16.7. The number of benzene rings is 1. The number of nitrogens with one attached hydrogen (secondary N) is 1. The molecule has 1 amide bonds. The van der Waals surface area contributed by atoms with E-state index < -0.39 is 0 Å². The number of fused-ring (bicyclic) bond motifs is 3. The fraction of sp³-hybridized carbons (Fsp3) is 0. The highest BCUT2D eigenvalue weighted by Gasteiger charge is 2.12. The van der Waals surface area contributed by atoms with Crippen LogP contribution in [0.2, 0.25) is 0 Å². The number of hydrogen-bond donors (Lipinski definition) is 1. The molecule has 4 heteroatoms. The van der Waals surface area contributed by atoms with Gasteiger partial charge in [0.05, 0.1) is 5.52 Å². The summed E-state index contributed by atoms with van der Waals surface area (Å²) in [5.41, 5.74) is 4.04. The molecule has 2 aromatic rings. The van der Waals surface area contributed by atoms with Gasteiger partial charge in [0.2, 0.25) is 0 Å². The number of hydrogen-bond acceptors (Lipinski definition) is 3. The topological polar surface area (TPSA) is 51.2 Å². The Labute approximate surface area is 91.5 Å². The first-order chi connectivity index (χ1) is 7.84. The third-order valence-electron chi connectivity index (χ3n) is 2.43. The summed E-state index contributed by atoms with van der Waals surface area (Å²) in [6.45, 7) is 0. The van der Waals surface area contributed by atoms with Crippen LogP contribution < -0.4 is 10.3 Å². The van der Waals surface area contributed by atoms with E-state index in [-0.39, 0.29) is 5.91 Å². The van der Waals surface area contributed by atoms with Gasteiger partial charge in [0.25, 0.3) is 5.91 Å². The zero-order chi connectivity index (χ0) is 11.0. The molecule has 0 spiro atoms. The molecule has 0 saturated heterocycles. The highest BCUT2D eigenvalue weighted by molar-refractivity contribution is 5.96. The summed E-state index contributed by atoms with van der Waals surface area (Å²) in [5.74, 6) is 0.362. The Morgan fingerprint density at radius 2 is 2.12 bits per heavy atom. The lowest BCUT2D eigenvalue weighted by Crippen LogP contribution is -2.23. The molecular weight excluding hydrogens is 204 g/mol. The van der Waals surface area contributed by atoms with Gasteiger partial charge in [-0.25, -0.2) is 0 Å². The van der Waals surface area contributed by atoms with E-state index >= 15 is 0 Å². The van der Waals surface area contributed by atoms with E-state index in [9.17, 15) is 4.79 Å². The molecule has 0 fully saturated rings. The van der Waals surface area contributed by atoms with Crippen LogP contribution in [0.4, 0.5) is 0 Å². The third kappa shape index (κ3) is 1.32. The average Bonchev–Trinajstić information content (AvgIpc) is 2.52. The molecule has 0 saturated carbocycles. The Morgan fingerprint density at radius 1 is 1.19 bits per heavy atom. The fourth-order valence-electron chi connectivity index (χ4n) is 1.69. The van der Waals surface area contributed by atoms with Crippen LogP contribution in [-0.4, -0.2) is 10.9 Å². The van der Waals surface area contributed by atoms with Crippen molar-refractivity contribution in [2.45, 2.75) is 0 Å². The number of amides is 1. The van der Waals surface area contributed by atoms with E-state index in [0.717, 1.165) is 16.5 Å². The zero-order valence-electron chi connectivity index (χ0n) is 8.31. The number of nitrogens with zero attached hydrogens (tertiary/aromatic N) is 1. The van der Waals surface area contributed by atoms with Crippen LogP contribution in [-0.2, 0) is 4.79 Å². The van der Waals surface area contributed by atoms with Gasteiger partial charge in [0.1, 0.15) is 0 Å². The maximum atomic E-state index is 11.1. The third-order valence-corrected chi connectivity index (χ3v) is 2.43. The second-order valence-electron chi connectivity index (χ2n) is 3.46. The van der Waals surface area contributed by atoms with Crippen molar-refractivity contribution < 1.29 is 9.63 Å². The van der Waals surface area contributed by atoms with Gasteiger partial charge < -0.3 is 4.84 Å². The van der Waals surface area contributed by atoms with Gasteiger partial charge >= 0.3 is 0 Å². The van der Waals surface area contributed by atoms with Crippen LogP contribution in [0.25, 0.3) is 17.0 Å². The van der Waals surface area contributed by atoms with E-state index in [1.54, 1.807) is 12.3 Å². The standard InChI is InChI=1S/C12H8N2O2/c15-11-6-4-8-3-5-10-9(2-1-7-13-10)12(8)16-14-11/h1-7H,(H,14,15). The number of rotatable bonds is 0. The van der Waals surface area contributed by atoms with Crippen LogP contribution >= 0.6 is 0 Å². The predicted octanol–water partition coefficient (Wildman–Crippen LogP) is 1.67. The molecule has 0 unspecified atom stereocenters. The van der Waals surface area contributed by atoms with Crippen molar-refractivity contribution in [3.05, 3.63) is 42.1 Å². The van der Waals surface area contributed by atoms with E-state index in [2.05, 4.69) is 10.5 Å². The smallest absolute Gasteiger partial charge is 0.276 e. The Hall–Kier alpha value is -2.36. The highest BCUT2D eigenvalue weighted by Crippen LogP contribution is 2.30. The first-order valence-electron chi connectivity index (χ1n) is 4.87. The van der Waals surface area contributed by atoms with Crippen molar-refractivity contribution in [2.75, 3.05) is 0 Å². The molecule has 4 nitrogen and oxygen atoms in total. The second-order valence-corrected chi connectivity index (χ2v) is 3.46. The Balaban J connectivity index is 2.29. The number of aromatic nitrogens is 1. The monoisotopic (exact) mass is 212 g/mol. The zero-order valence-corrected chi connectivity index (χ0v) is 8.31. The van der Waals surface area contributed by atoms with Crippen LogP contribution in [0.15, 0.2) is 36.5 Å². The average molecular weight is 212 g/mol. The Kier molecular flexibility index (Phi) is 1.86. The fourth-order valence-corrected chi connectivity index (χ4v) is 1.69. The summed E-state index contributed by atoms with van der Waals surface area (Å²) in [7, 11) is 0. The number of carbonyl (C=O) groups excluding carboxylic acids is 1. The second kappa shape index (κ2) is 3.34. The quantitative estimate of drug-likeness (QED) is 0.722. The minimum atomic E-state index is -0.270. The Morgan fingerprint density at radius 3 is 3.06 bits per heavy atom. The van der Waals surface area contributed by atoms with Gasteiger partial charge in [-0.1, -0.05) is 0 Å². The molecule has 78 valence electrons. The van der Waals surface area contributed by atoms with Gasteiger partial charge in [-0.2, -0.15) is 5.48 Å². The van der Waals surface area contributed by atoms with Crippen molar-refractivity contribution in [1.82, 2.24) is 10.5 Å². The minimum Gasteiger partial charge on any atom is -0.378 e. The first-order valence-corrected chi connectivity index (χ1v) is 4.87. The molecule has 2 heterocycles. The summed E-state index contributed by atoms with van der Waals surface area (Å²) in [6.07, 6.45) is 4.89. The molecule has 0 radical (unpaired) electrons. The maximum absolute atomic E-state index is 11.1. The molecule has 1 aliphatic rings. The summed E-state index contributed by atoms with van der Waals surface area (Å²) in [4.78, 5) is 20.6. The molecule has 0 atom stereocenters. The van der Waals surface area contributed by atoms with Gasteiger partial charge in [-0.15, -0.1) is 0 Å². The van der Waals surface area contributed by atoms with Crippen molar-refractivity contribution in [3.8, 4) is 5.75 Å². The summed E-state index contributed by atoms with van der Waals surface area (Å²) in [5, 5.41) is 0.881. The Bertz CT molecular complexity index is 605. The van der Waals surface area contributed by atoms with Crippen molar-refractivity contribution >= 4 is 22.9 Å². The van der Waals surface area contributed by atoms with Gasteiger partial charge in [-0.3, -0.25) is 9.78 Å². The molecule has 1 aromatic carbocycles. The molecule has 16 heavy (non-hydrogen) atoms. The van der Waals surface area contributed by atoms with Gasteiger partial charge in [0.15, 0.2) is 5.75 Å². The molecule has 0 aliphatic carbocycles. The van der Waals surface area contributed by atoms with Crippen molar-refractivity contribution in [2.24, 2.45) is 0 Å². The number of pyridine rings is 1. The lowest BCUT2D eigenvalue weighted by molar-refractivity contribution is -0.122. The lowest BCUT2D eigenvalue weighted by atomic mass is 10.1. The van der Waals surface area contributed by atoms with Crippen molar-refractivity contribution in [1.29, 1.82) is 0 Å². The van der Waals surface area contributed by atoms with Crippen LogP contribution in [0.3, 0.4) is 0 Å². The van der Waals surface area contributed by atoms with E-state index in [4.69, 9.17) is 4.84 Å². The summed E-state index contributed by atoms with van der Waals surface area (Å²) in [6, 6.07) is 7.52. The molecule has 1 N–H and O–H groups in total. The molecule has 3 rings (SSSR count). The van der Waals surface area contributed by atoms with Gasteiger partial charge in [0, 0.05) is 23.2 Å². The normalized spacial score (nSPS) is 13.9. The van der Waals surface area contributed by atoms with E-state index in [1.807, 2.05) is 24.3 Å². The molecule has 1 aliphatic heterocycles. The predicted molar refractivity (Wildman–Crippen MR) is 59.5 cm³/mol. The molecule has 0 bridgehead atoms. The van der Waals surface area contributed by atoms with Crippen LogP contribution in [0.1, 0.15) is 5.56 Å². The van der Waals surface area contributed by atoms with E-state index in [0.29, 0.717) is 5.75 Å². The largest absolute Gasteiger partial charge is 0.378 e. The van der Waals surface area contributed by atoms with Crippen molar-refractivity contribution in [3.63, 3.8) is 0 Å². The van der Waals surface area contributed by atoms with E-state index in [1.165, 1.54) is 6.08 Å². The van der Waals surface area contributed by atoms with Crippen LogP contribution in [0, 0.1) is 0 Å². The summed E-state index contributed by atoms with van der Waals surface area (Å²) >= 11 is 0. The van der Waals surface area contributed by atoms with Gasteiger partial charge in [-0.05, 0) is 30.3 Å².